The van der Waals surface area contributed by atoms with Crippen LogP contribution in [-0.4, -0.2) is 50.4 Å². The van der Waals surface area contributed by atoms with Crippen molar-refractivity contribution in [2.45, 2.75) is 24.2 Å². The zero-order valence-electron chi connectivity index (χ0n) is 15.9. The fourth-order valence-corrected chi connectivity index (χ4v) is 5.26. The van der Waals surface area contributed by atoms with Crippen LogP contribution in [-0.2, 0) is 14.8 Å². The number of carbonyl (C=O) groups excluding carboxylic acids is 1. The summed E-state index contributed by atoms with van der Waals surface area (Å²) < 4.78 is 33.3. The molecule has 2 aromatic rings. The van der Waals surface area contributed by atoms with Gasteiger partial charge in [-0.15, -0.1) is 0 Å². The number of hydrogen-bond donors (Lipinski definition) is 1. The minimum Gasteiger partial charge on any atom is -0.481 e. The number of nitrogens with zero attached hydrogens (tertiary/aromatic N) is 2. The standard InChI is InChI=1S/C20H25N3O4S/c1-3-19(24)21-11-7-15-9-13-23(14-10-15)28(25,26)18-6-4-5-17-16(18)8-12-22-20(17)27-2/h3-6,8,12,15H,1,7,9-11,13-14H2,2H3,(H,21,24). The Morgan fingerprint density at radius 3 is 2.75 bits per heavy atom. The quantitative estimate of drug-likeness (QED) is 0.717. The van der Waals surface area contributed by atoms with Crippen molar-refractivity contribution in [3.8, 4) is 5.88 Å². The zero-order chi connectivity index (χ0) is 20.1. The highest BCUT2D eigenvalue weighted by Crippen LogP contribution is 2.32. The first-order valence-corrected chi connectivity index (χ1v) is 10.7. The molecule has 1 aliphatic heterocycles. The number of fused-ring (bicyclic) bond motifs is 1. The minimum atomic E-state index is -3.61. The molecule has 1 aliphatic rings. The van der Waals surface area contributed by atoms with Crippen molar-refractivity contribution in [1.82, 2.24) is 14.6 Å². The van der Waals surface area contributed by atoms with Crippen LogP contribution in [0.3, 0.4) is 0 Å². The number of rotatable bonds is 7. The molecule has 1 aromatic carbocycles. The van der Waals surface area contributed by atoms with Crippen molar-refractivity contribution in [3.05, 3.63) is 43.1 Å². The Labute approximate surface area is 165 Å². The van der Waals surface area contributed by atoms with E-state index in [0.717, 1.165) is 19.3 Å². The first-order chi connectivity index (χ1) is 13.5. The number of methoxy groups -OCH3 is 1. The number of hydrogen-bond acceptors (Lipinski definition) is 5. The molecule has 1 saturated heterocycles. The molecule has 0 saturated carbocycles. The molecule has 3 rings (SSSR count). The Morgan fingerprint density at radius 2 is 2.07 bits per heavy atom. The second kappa shape index (κ2) is 8.70. The zero-order valence-corrected chi connectivity index (χ0v) is 16.7. The Morgan fingerprint density at radius 1 is 1.32 bits per heavy atom. The predicted molar refractivity (Wildman–Crippen MR) is 108 cm³/mol. The molecule has 1 amide bonds. The third kappa shape index (κ3) is 4.18. The summed E-state index contributed by atoms with van der Waals surface area (Å²) in [5.41, 5.74) is 0. The van der Waals surface area contributed by atoms with Gasteiger partial charge in [-0.25, -0.2) is 13.4 Å². The number of nitrogens with one attached hydrogen (secondary N) is 1. The average molecular weight is 404 g/mol. The summed E-state index contributed by atoms with van der Waals surface area (Å²) in [6, 6.07) is 6.87. The maximum absolute atomic E-state index is 13.2. The van der Waals surface area contributed by atoms with E-state index in [2.05, 4.69) is 16.9 Å². The average Bonchev–Trinajstić information content (AvgIpc) is 2.73. The topological polar surface area (TPSA) is 88.6 Å². The van der Waals surface area contributed by atoms with E-state index < -0.39 is 10.0 Å². The van der Waals surface area contributed by atoms with Crippen LogP contribution in [0.15, 0.2) is 48.0 Å². The van der Waals surface area contributed by atoms with Gasteiger partial charge in [0.05, 0.1) is 12.0 Å². The molecular formula is C20H25N3O4S. The summed E-state index contributed by atoms with van der Waals surface area (Å²) in [5.74, 6) is 0.629. The number of pyridine rings is 1. The normalized spacial score (nSPS) is 16.0. The van der Waals surface area contributed by atoms with Gasteiger partial charge in [-0.3, -0.25) is 4.79 Å². The highest BCUT2D eigenvalue weighted by atomic mass is 32.2. The minimum absolute atomic E-state index is 0.180. The lowest BCUT2D eigenvalue weighted by Crippen LogP contribution is -2.39. The van der Waals surface area contributed by atoms with Crippen LogP contribution < -0.4 is 10.1 Å². The molecule has 0 spiro atoms. The molecule has 7 nitrogen and oxygen atoms in total. The summed E-state index contributed by atoms with van der Waals surface area (Å²) in [6.45, 7) is 4.96. The van der Waals surface area contributed by atoms with Gasteiger partial charge in [0.2, 0.25) is 21.8 Å². The van der Waals surface area contributed by atoms with Gasteiger partial charge in [-0.05, 0) is 49.5 Å². The second-order valence-corrected chi connectivity index (χ2v) is 8.71. The van der Waals surface area contributed by atoms with Crippen LogP contribution in [0.1, 0.15) is 19.3 Å². The van der Waals surface area contributed by atoms with Crippen LogP contribution in [0.4, 0.5) is 0 Å². The Kier molecular flexibility index (Phi) is 6.31. The van der Waals surface area contributed by atoms with E-state index >= 15 is 0 Å². The maximum Gasteiger partial charge on any atom is 0.243 e. The molecule has 0 radical (unpaired) electrons. The van der Waals surface area contributed by atoms with Crippen LogP contribution in [0.5, 0.6) is 5.88 Å². The van der Waals surface area contributed by atoms with Crippen molar-refractivity contribution in [1.29, 1.82) is 0 Å². The monoisotopic (exact) mass is 403 g/mol. The molecule has 0 atom stereocenters. The van der Waals surface area contributed by atoms with Gasteiger partial charge in [0.15, 0.2) is 0 Å². The molecule has 0 aliphatic carbocycles. The number of sulfonamides is 1. The van der Waals surface area contributed by atoms with Crippen molar-refractivity contribution in [3.63, 3.8) is 0 Å². The lowest BCUT2D eigenvalue weighted by Gasteiger charge is -2.31. The Bertz CT molecular complexity index is 967. The van der Waals surface area contributed by atoms with E-state index in [4.69, 9.17) is 4.74 Å². The van der Waals surface area contributed by atoms with E-state index in [1.807, 2.05) is 6.07 Å². The van der Waals surface area contributed by atoms with E-state index in [1.54, 1.807) is 28.7 Å². The SMILES string of the molecule is C=CC(=O)NCCC1CCN(S(=O)(=O)c2cccc3c(OC)nccc23)CC1. The van der Waals surface area contributed by atoms with Gasteiger partial charge in [-0.2, -0.15) is 4.31 Å². The molecule has 2 heterocycles. The molecule has 1 N–H and O–H groups in total. The lowest BCUT2D eigenvalue weighted by atomic mass is 9.95. The number of carbonyl (C=O) groups is 1. The lowest BCUT2D eigenvalue weighted by molar-refractivity contribution is -0.116. The Balaban J connectivity index is 1.72. The first kappa shape index (κ1) is 20.3. The van der Waals surface area contributed by atoms with Crippen molar-refractivity contribution in [2.75, 3.05) is 26.7 Å². The van der Waals surface area contributed by atoms with E-state index in [9.17, 15) is 13.2 Å². The number of ether oxygens (including phenoxy) is 1. The van der Waals surface area contributed by atoms with E-state index in [0.29, 0.717) is 42.2 Å². The fourth-order valence-electron chi connectivity index (χ4n) is 3.59. The number of amides is 1. The molecule has 28 heavy (non-hydrogen) atoms. The summed E-state index contributed by atoms with van der Waals surface area (Å²) in [5, 5.41) is 4.07. The second-order valence-electron chi connectivity index (χ2n) is 6.80. The summed E-state index contributed by atoms with van der Waals surface area (Å²) in [6.07, 6.45) is 5.20. The third-order valence-corrected chi connectivity index (χ3v) is 7.11. The molecule has 1 fully saturated rings. The summed E-state index contributed by atoms with van der Waals surface area (Å²) >= 11 is 0. The smallest absolute Gasteiger partial charge is 0.243 e. The predicted octanol–water partition coefficient (Wildman–Crippen LogP) is 2.34. The van der Waals surface area contributed by atoms with Crippen molar-refractivity contribution in [2.24, 2.45) is 5.92 Å². The highest BCUT2D eigenvalue weighted by Gasteiger charge is 2.30. The fraction of sp³-hybridized carbons (Fsp3) is 0.400. The van der Waals surface area contributed by atoms with Gasteiger partial charge in [-0.1, -0.05) is 12.6 Å². The number of aromatic nitrogens is 1. The Hall–Kier alpha value is -2.45. The molecular weight excluding hydrogens is 378 g/mol. The van der Waals surface area contributed by atoms with Crippen LogP contribution in [0, 0.1) is 5.92 Å². The number of benzene rings is 1. The molecule has 8 heteroatoms. The summed E-state index contributed by atoms with van der Waals surface area (Å²) in [4.78, 5) is 15.6. The van der Waals surface area contributed by atoms with Crippen LogP contribution >= 0.6 is 0 Å². The van der Waals surface area contributed by atoms with Gasteiger partial charge in [0.25, 0.3) is 0 Å². The van der Waals surface area contributed by atoms with Crippen LogP contribution in [0.25, 0.3) is 10.8 Å². The van der Waals surface area contributed by atoms with Crippen LogP contribution in [0.2, 0.25) is 0 Å². The van der Waals surface area contributed by atoms with E-state index in [1.165, 1.54) is 13.2 Å². The van der Waals surface area contributed by atoms with Gasteiger partial charge in [0, 0.05) is 36.6 Å². The molecule has 0 bridgehead atoms. The summed E-state index contributed by atoms with van der Waals surface area (Å²) in [7, 11) is -2.09. The van der Waals surface area contributed by atoms with Gasteiger partial charge in [0.1, 0.15) is 0 Å². The highest BCUT2D eigenvalue weighted by molar-refractivity contribution is 7.89. The van der Waals surface area contributed by atoms with E-state index in [-0.39, 0.29) is 10.8 Å². The third-order valence-electron chi connectivity index (χ3n) is 5.15. The number of piperidine rings is 1. The largest absolute Gasteiger partial charge is 0.481 e. The van der Waals surface area contributed by atoms with Crippen molar-refractivity contribution >= 4 is 26.7 Å². The van der Waals surface area contributed by atoms with Gasteiger partial charge < -0.3 is 10.1 Å². The maximum atomic E-state index is 13.2. The molecule has 150 valence electrons. The molecule has 1 aromatic heterocycles. The molecule has 0 unspecified atom stereocenters. The van der Waals surface area contributed by atoms with Crippen molar-refractivity contribution < 1.29 is 17.9 Å². The first-order valence-electron chi connectivity index (χ1n) is 9.29. The van der Waals surface area contributed by atoms with Gasteiger partial charge >= 0.3 is 0 Å².